The number of fused-ring (bicyclic) bond motifs is 10. The number of nitrogens with zero attached hydrogens (tertiary/aromatic N) is 1. The zero-order chi connectivity index (χ0) is 38.6. The molecular formula is C56H39NS. The molecule has 0 saturated heterocycles. The zero-order valence-electron chi connectivity index (χ0n) is 32.0. The van der Waals surface area contributed by atoms with Gasteiger partial charge in [0.2, 0.25) is 0 Å². The van der Waals surface area contributed by atoms with Crippen molar-refractivity contribution < 1.29 is 0 Å². The lowest BCUT2D eigenvalue weighted by atomic mass is 9.68. The predicted molar refractivity (Wildman–Crippen MR) is 248 cm³/mol. The molecule has 58 heavy (non-hydrogen) atoms. The van der Waals surface area contributed by atoms with Gasteiger partial charge in [0.1, 0.15) is 0 Å². The molecule has 2 aliphatic carbocycles. The van der Waals surface area contributed by atoms with Gasteiger partial charge in [0.25, 0.3) is 0 Å². The van der Waals surface area contributed by atoms with Crippen molar-refractivity contribution in [3.8, 4) is 33.4 Å². The molecule has 1 aromatic heterocycles. The molecule has 2 heteroatoms. The average Bonchev–Trinajstić information content (AvgIpc) is 3.83. The van der Waals surface area contributed by atoms with Crippen LogP contribution in [0.1, 0.15) is 28.7 Å². The summed E-state index contributed by atoms with van der Waals surface area (Å²) in [4.78, 5) is 2.40. The topological polar surface area (TPSA) is 3.24 Å². The van der Waals surface area contributed by atoms with E-state index in [0.717, 1.165) is 34.6 Å². The van der Waals surface area contributed by atoms with E-state index in [9.17, 15) is 0 Å². The summed E-state index contributed by atoms with van der Waals surface area (Å²) in [5.41, 5.74) is 16.4. The number of anilines is 2. The van der Waals surface area contributed by atoms with Crippen LogP contribution in [0.2, 0.25) is 0 Å². The van der Waals surface area contributed by atoms with Crippen molar-refractivity contribution in [2.75, 3.05) is 4.90 Å². The molecule has 0 aliphatic heterocycles. The molecule has 0 radical (unpaired) electrons. The summed E-state index contributed by atoms with van der Waals surface area (Å²) >= 11 is 1.87. The molecule has 9 aromatic rings. The molecule has 2 aliphatic rings. The molecule has 0 atom stereocenters. The molecule has 1 heterocycles. The maximum atomic E-state index is 4.98. The third-order valence-corrected chi connectivity index (χ3v) is 13.4. The first-order valence-electron chi connectivity index (χ1n) is 20.0. The minimum absolute atomic E-state index is 0.361. The van der Waals surface area contributed by atoms with E-state index in [-0.39, 0.29) is 5.41 Å². The summed E-state index contributed by atoms with van der Waals surface area (Å²) < 4.78 is 2.64. The van der Waals surface area contributed by atoms with Gasteiger partial charge >= 0.3 is 0 Å². The maximum absolute atomic E-state index is 4.98. The minimum Gasteiger partial charge on any atom is -0.310 e. The van der Waals surface area contributed by atoms with Crippen molar-refractivity contribution in [3.05, 3.63) is 247 Å². The van der Waals surface area contributed by atoms with Gasteiger partial charge in [0.15, 0.2) is 0 Å². The lowest BCUT2D eigenvalue weighted by Gasteiger charge is -2.35. The summed E-state index contributed by atoms with van der Waals surface area (Å²) in [5.74, 6) is 0. The summed E-state index contributed by atoms with van der Waals surface area (Å²) in [5, 5.41) is 2.63. The molecule has 0 unspecified atom stereocenters. The van der Waals surface area contributed by atoms with Crippen molar-refractivity contribution >= 4 is 48.5 Å². The highest BCUT2D eigenvalue weighted by Gasteiger charge is 2.45. The van der Waals surface area contributed by atoms with Crippen molar-refractivity contribution in [1.29, 1.82) is 0 Å². The second-order valence-electron chi connectivity index (χ2n) is 15.3. The Hall–Kier alpha value is -7.00. The normalized spacial score (nSPS) is 15.4. The zero-order valence-corrected chi connectivity index (χ0v) is 32.8. The van der Waals surface area contributed by atoms with Crippen LogP contribution in [0.25, 0.3) is 59.1 Å². The number of hydrogen-bond donors (Lipinski definition) is 0. The number of allylic oxidation sites excluding steroid dienone is 4. The van der Waals surface area contributed by atoms with Crippen LogP contribution in [0.4, 0.5) is 11.4 Å². The molecule has 274 valence electrons. The Labute approximate surface area is 343 Å². The van der Waals surface area contributed by atoms with Crippen LogP contribution in [0.5, 0.6) is 0 Å². The molecule has 1 spiro atoms. The average molecular weight is 758 g/mol. The second-order valence-corrected chi connectivity index (χ2v) is 16.3. The second kappa shape index (κ2) is 13.9. The van der Waals surface area contributed by atoms with Gasteiger partial charge in [0, 0.05) is 31.5 Å². The van der Waals surface area contributed by atoms with Crippen LogP contribution in [0.3, 0.4) is 0 Å². The van der Waals surface area contributed by atoms with Gasteiger partial charge in [-0.2, -0.15) is 0 Å². The van der Waals surface area contributed by atoms with Gasteiger partial charge in [-0.05, 0) is 104 Å². The SMILES string of the molecule is C=C1/C(N(c2ccc(-c3cccc4c3sc3ccccc34)cc2)c2cccc(-c3ccccc3)c2)=C\C=C/CC2(c3ccccc31)c1ccccc1-c1ccccc12. The van der Waals surface area contributed by atoms with Crippen molar-refractivity contribution in [3.63, 3.8) is 0 Å². The molecule has 0 fully saturated rings. The van der Waals surface area contributed by atoms with Crippen molar-refractivity contribution in [1.82, 2.24) is 0 Å². The predicted octanol–water partition coefficient (Wildman–Crippen LogP) is 15.4. The van der Waals surface area contributed by atoms with E-state index in [2.05, 4.69) is 217 Å². The Balaban J connectivity index is 1.08. The van der Waals surface area contributed by atoms with Crippen molar-refractivity contribution in [2.45, 2.75) is 11.8 Å². The molecule has 11 rings (SSSR count). The van der Waals surface area contributed by atoms with Crippen LogP contribution < -0.4 is 4.90 Å². The van der Waals surface area contributed by atoms with Gasteiger partial charge in [-0.1, -0.05) is 183 Å². The van der Waals surface area contributed by atoms with E-state index < -0.39 is 0 Å². The third-order valence-electron chi connectivity index (χ3n) is 12.2. The van der Waals surface area contributed by atoms with E-state index in [1.807, 2.05) is 11.3 Å². The van der Waals surface area contributed by atoms with Crippen LogP contribution in [-0.2, 0) is 5.41 Å². The number of benzene rings is 8. The number of rotatable bonds is 5. The summed E-state index contributed by atoms with van der Waals surface area (Å²) in [6.45, 7) is 4.98. The Morgan fingerprint density at radius 3 is 1.81 bits per heavy atom. The minimum atomic E-state index is -0.361. The Morgan fingerprint density at radius 2 is 1.05 bits per heavy atom. The van der Waals surface area contributed by atoms with Crippen LogP contribution in [-0.4, -0.2) is 0 Å². The Bertz CT molecular complexity index is 3060. The fraction of sp³-hybridized carbons (Fsp3) is 0.0357. The van der Waals surface area contributed by atoms with Gasteiger partial charge in [-0.25, -0.2) is 0 Å². The fourth-order valence-corrected chi connectivity index (χ4v) is 10.8. The van der Waals surface area contributed by atoms with E-state index >= 15 is 0 Å². The largest absolute Gasteiger partial charge is 0.310 e. The number of thiophene rings is 1. The number of hydrogen-bond acceptors (Lipinski definition) is 2. The lowest BCUT2D eigenvalue weighted by molar-refractivity contribution is 0.643. The van der Waals surface area contributed by atoms with E-state index in [4.69, 9.17) is 6.58 Å². The standard InChI is InChI=1S/C56H39NS/c1-38-44-21-5-9-27-50(44)56(51-28-10-6-22-46(51)47-23-7-11-29-52(47)56)36-14-13-30-53(38)57(43-20-15-19-41(37-43)39-17-3-2-4-18-39)42-34-32-40(33-35-42)45-25-16-26-49-48-24-8-12-31-54(48)58-55(45)49/h2-35,37H,1,36H2/b14-13-,53-30+. The third kappa shape index (κ3) is 5.37. The molecule has 8 aromatic carbocycles. The molecular weight excluding hydrogens is 719 g/mol. The highest BCUT2D eigenvalue weighted by atomic mass is 32.1. The molecule has 0 bridgehead atoms. The lowest BCUT2D eigenvalue weighted by Crippen LogP contribution is -2.28. The Morgan fingerprint density at radius 1 is 0.466 bits per heavy atom. The first-order chi connectivity index (χ1) is 28.7. The van der Waals surface area contributed by atoms with Gasteiger partial charge < -0.3 is 4.90 Å². The monoisotopic (exact) mass is 757 g/mol. The fourth-order valence-electron chi connectivity index (χ4n) is 9.56. The van der Waals surface area contributed by atoms with E-state index in [1.54, 1.807) is 0 Å². The first kappa shape index (κ1) is 34.3. The highest BCUT2D eigenvalue weighted by molar-refractivity contribution is 7.26. The Kier molecular flexibility index (Phi) is 8.20. The molecule has 1 nitrogen and oxygen atoms in total. The maximum Gasteiger partial charge on any atom is 0.0534 e. The van der Waals surface area contributed by atoms with E-state index in [0.29, 0.717) is 0 Å². The first-order valence-corrected chi connectivity index (χ1v) is 20.8. The van der Waals surface area contributed by atoms with Gasteiger partial charge in [-0.15, -0.1) is 11.3 Å². The smallest absolute Gasteiger partial charge is 0.0534 e. The van der Waals surface area contributed by atoms with Gasteiger partial charge in [0.05, 0.1) is 11.1 Å². The highest BCUT2D eigenvalue weighted by Crippen LogP contribution is 2.56. The van der Waals surface area contributed by atoms with Crippen molar-refractivity contribution in [2.24, 2.45) is 0 Å². The van der Waals surface area contributed by atoms with E-state index in [1.165, 1.54) is 70.2 Å². The molecule has 0 saturated carbocycles. The van der Waals surface area contributed by atoms with Gasteiger partial charge in [-0.3, -0.25) is 0 Å². The molecule has 0 amide bonds. The summed E-state index contributed by atoms with van der Waals surface area (Å²) in [6, 6.07) is 71.0. The van der Waals surface area contributed by atoms with Crippen LogP contribution >= 0.6 is 11.3 Å². The van der Waals surface area contributed by atoms with Crippen LogP contribution in [0, 0.1) is 0 Å². The summed E-state index contributed by atoms with van der Waals surface area (Å²) in [7, 11) is 0. The van der Waals surface area contributed by atoms with Crippen LogP contribution in [0.15, 0.2) is 225 Å². The quantitative estimate of drug-likeness (QED) is 0.169. The molecule has 0 N–H and O–H groups in total. The summed E-state index contributed by atoms with van der Waals surface area (Å²) in [6.07, 6.45) is 7.71.